The average Bonchev–Trinajstić information content (AvgIpc) is 2.17. The Kier molecular flexibility index (Phi) is 4.35. The van der Waals surface area contributed by atoms with Crippen LogP contribution in [0.4, 0.5) is 0 Å². The highest BCUT2D eigenvalue weighted by Crippen LogP contribution is 2.23. The van der Waals surface area contributed by atoms with Crippen molar-refractivity contribution in [1.29, 1.82) is 0 Å². The van der Waals surface area contributed by atoms with E-state index in [4.69, 9.17) is 0 Å². The first-order valence-electron chi connectivity index (χ1n) is 5.67. The molecule has 3 N–H and O–H groups in total. The molecular formula is C11H24N2O. The van der Waals surface area contributed by atoms with Crippen molar-refractivity contribution in [2.45, 2.75) is 32.7 Å². The number of piperidine rings is 1. The minimum Gasteiger partial charge on any atom is -0.394 e. The summed E-state index contributed by atoms with van der Waals surface area (Å²) in [5, 5.41) is 16.4. The van der Waals surface area contributed by atoms with Crippen LogP contribution in [0.2, 0.25) is 0 Å². The molecule has 0 spiro atoms. The summed E-state index contributed by atoms with van der Waals surface area (Å²) in [6.45, 7) is 9.86. The maximum atomic E-state index is 9.53. The van der Waals surface area contributed by atoms with Gasteiger partial charge in [-0.3, -0.25) is 0 Å². The van der Waals surface area contributed by atoms with E-state index in [1.807, 2.05) is 0 Å². The van der Waals surface area contributed by atoms with Crippen LogP contribution in [-0.4, -0.2) is 36.9 Å². The van der Waals surface area contributed by atoms with Crippen LogP contribution < -0.4 is 10.6 Å². The van der Waals surface area contributed by atoms with Gasteiger partial charge < -0.3 is 15.7 Å². The van der Waals surface area contributed by atoms with Gasteiger partial charge in [0.25, 0.3) is 0 Å². The molecule has 1 aliphatic heterocycles. The molecule has 1 heterocycles. The summed E-state index contributed by atoms with van der Waals surface area (Å²) >= 11 is 0. The van der Waals surface area contributed by atoms with Crippen LogP contribution in [0.5, 0.6) is 0 Å². The molecule has 0 bridgehead atoms. The van der Waals surface area contributed by atoms with Crippen molar-refractivity contribution in [2.75, 3.05) is 26.2 Å². The summed E-state index contributed by atoms with van der Waals surface area (Å²) < 4.78 is 0. The largest absolute Gasteiger partial charge is 0.394 e. The summed E-state index contributed by atoms with van der Waals surface area (Å²) in [7, 11) is 0. The monoisotopic (exact) mass is 200 g/mol. The lowest BCUT2D eigenvalue weighted by Gasteiger charge is -2.43. The van der Waals surface area contributed by atoms with Gasteiger partial charge in [0.05, 0.1) is 6.61 Å². The van der Waals surface area contributed by atoms with Crippen molar-refractivity contribution in [3.8, 4) is 0 Å². The number of hydrogen-bond acceptors (Lipinski definition) is 3. The zero-order chi connectivity index (χ0) is 10.6. The quantitative estimate of drug-likeness (QED) is 0.622. The molecule has 0 amide bonds. The van der Waals surface area contributed by atoms with Gasteiger partial charge in [-0.15, -0.1) is 0 Å². The highest BCUT2D eigenvalue weighted by atomic mass is 16.3. The lowest BCUT2D eigenvalue weighted by molar-refractivity contribution is 0.0803. The number of rotatable bonds is 4. The highest BCUT2D eigenvalue weighted by molar-refractivity contribution is 4.96. The number of nitrogens with one attached hydrogen (secondary N) is 2. The van der Waals surface area contributed by atoms with Crippen LogP contribution in [0.15, 0.2) is 0 Å². The van der Waals surface area contributed by atoms with Crippen molar-refractivity contribution in [2.24, 2.45) is 11.8 Å². The average molecular weight is 200 g/mol. The van der Waals surface area contributed by atoms with Gasteiger partial charge in [-0.05, 0) is 37.9 Å². The molecular weight excluding hydrogens is 176 g/mol. The fourth-order valence-electron chi connectivity index (χ4n) is 2.03. The molecule has 14 heavy (non-hydrogen) atoms. The molecule has 0 aromatic rings. The Balaban J connectivity index is 2.54. The SMILES string of the molecule is CC(C)CNC1(CO)CCNCC1C. The molecule has 1 rings (SSSR count). The summed E-state index contributed by atoms with van der Waals surface area (Å²) in [5.74, 6) is 1.14. The normalized spacial score (nSPS) is 33.6. The van der Waals surface area contributed by atoms with Gasteiger partial charge in [-0.25, -0.2) is 0 Å². The van der Waals surface area contributed by atoms with Crippen LogP contribution in [0.3, 0.4) is 0 Å². The minimum absolute atomic E-state index is 0.0461. The molecule has 2 atom stereocenters. The van der Waals surface area contributed by atoms with E-state index >= 15 is 0 Å². The van der Waals surface area contributed by atoms with Crippen LogP contribution in [0.25, 0.3) is 0 Å². The molecule has 0 aromatic heterocycles. The molecule has 1 aliphatic rings. The van der Waals surface area contributed by atoms with Gasteiger partial charge in [-0.2, -0.15) is 0 Å². The smallest absolute Gasteiger partial charge is 0.0616 e. The first kappa shape index (κ1) is 12.0. The molecule has 0 aromatic carbocycles. The predicted octanol–water partition coefficient (Wildman–Crippen LogP) is 0.592. The Bertz CT molecular complexity index is 173. The zero-order valence-corrected chi connectivity index (χ0v) is 9.64. The molecule has 1 saturated heterocycles. The summed E-state index contributed by atoms with van der Waals surface area (Å²) in [6, 6.07) is 0. The lowest BCUT2D eigenvalue weighted by Crippen LogP contribution is -2.61. The number of aliphatic hydroxyl groups is 1. The van der Waals surface area contributed by atoms with E-state index in [1.165, 1.54) is 0 Å². The van der Waals surface area contributed by atoms with Crippen LogP contribution >= 0.6 is 0 Å². The highest BCUT2D eigenvalue weighted by Gasteiger charge is 2.36. The van der Waals surface area contributed by atoms with Crippen LogP contribution in [0, 0.1) is 11.8 Å². The van der Waals surface area contributed by atoms with Gasteiger partial charge >= 0.3 is 0 Å². The fourth-order valence-corrected chi connectivity index (χ4v) is 2.03. The van der Waals surface area contributed by atoms with Gasteiger partial charge in [0.15, 0.2) is 0 Å². The topological polar surface area (TPSA) is 44.3 Å². The third-order valence-corrected chi connectivity index (χ3v) is 3.29. The van der Waals surface area contributed by atoms with E-state index in [1.54, 1.807) is 0 Å². The van der Waals surface area contributed by atoms with Crippen molar-refractivity contribution in [3.05, 3.63) is 0 Å². The summed E-state index contributed by atoms with van der Waals surface area (Å²) in [5.41, 5.74) is -0.0461. The molecule has 0 radical (unpaired) electrons. The molecule has 0 saturated carbocycles. The molecule has 84 valence electrons. The van der Waals surface area contributed by atoms with Gasteiger partial charge in [0.1, 0.15) is 0 Å². The summed E-state index contributed by atoms with van der Waals surface area (Å²) in [6.07, 6.45) is 1.03. The van der Waals surface area contributed by atoms with Gasteiger partial charge in [-0.1, -0.05) is 20.8 Å². The van der Waals surface area contributed by atoms with E-state index < -0.39 is 0 Å². The second-order valence-corrected chi connectivity index (χ2v) is 4.94. The second-order valence-electron chi connectivity index (χ2n) is 4.94. The Hall–Kier alpha value is -0.120. The van der Waals surface area contributed by atoms with Crippen molar-refractivity contribution in [1.82, 2.24) is 10.6 Å². The molecule has 1 fully saturated rings. The van der Waals surface area contributed by atoms with Crippen molar-refractivity contribution in [3.63, 3.8) is 0 Å². The first-order chi connectivity index (χ1) is 6.60. The lowest BCUT2D eigenvalue weighted by atomic mass is 9.80. The predicted molar refractivity (Wildman–Crippen MR) is 59.3 cm³/mol. The Morgan fingerprint density at radius 2 is 2.29 bits per heavy atom. The van der Waals surface area contributed by atoms with Crippen molar-refractivity contribution < 1.29 is 5.11 Å². The standard InChI is InChI=1S/C11H24N2O/c1-9(2)6-13-11(8-14)4-5-12-7-10(11)3/h9-10,12-14H,4-8H2,1-3H3. The van der Waals surface area contributed by atoms with Crippen molar-refractivity contribution >= 4 is 0 Å². The number of aliphatic hydroxyl groups excluding tert-OH is 1. The Labute approximate surface area is 87.3 Å². The third-order valence-electron chi connectivity index (χ3n) is 3.29. The Morgan fingerprint density at radius 3 is 2.79 bits per heavy atom. The van der Waals surface area contributed by atoms with Crippen LogP contribution in [-0.2, 0) is 0 Å². The molecule has 3 nitrogen and oxygen atoms in total. The molecule has 0 aliphatic carbocycles. The maximum absolute atomic E-state index is 9.53. The molecule has 2 unspecified atom stereocenters. The van der Waals surface area contributed by atoms with E-state index in [2.05, 4.69) is 31.4 Å². The van der Waals surface area contributed by atoms with Gasteiger partial charge in [0, 0.05) is 5.54 Å². The third kappa shape index (κ3) is 2.69. The molecule has 3 heteroatoms. The number of hydrogen-bond donors (Lipinski definition) is 3. The van der Waals surface area contributed by atoms with Crippen LogP contribution in [0.1, 0.15) is 27.2 Å². The van der Waals surface area contributed by atoms with E-state index in [9.17, 15) is 5.11 Å². The Morgan fingerprint density at radius 1 is 1.57 bits per heavy atom. The maximum Gasteiger partial charge on any atom is 0.0616 e. The first-order valence-corrected chi connectivity index (χ1v) is 5.67. The minimum atomic E-state index is -0.0461. The summed E-state index contributed by atoms with van der Waals surface area (Å²) in [4.78, 5) is 0. The fraction of sp³-hybridized carbons (Fsp3) is 1.00. The van der Waals surface area contributed by atoms with Gasteiger partial charge in [0.2, 0.25) is 0 Å². The van der Waals surface area contributed by atoms with E-state index in [0.717, 1.165) is 26.1 Å². The van der Waals surface area contributed by atoms with E-state index in [0.29, 0.717) is 11.8 Å². The van der Waals surface area contributed by atoms with E-state index in [-0.39, 0.29) is 12.1 Å². The zero-order valence-electron chi connectivity index (χ0n) is 9.64. The second kappa shape index (κ2) is 5.10.